The maximum atomic E-state index is 14.5. The molecule has 0 bridgehead atoms. The highest BCUT2D eigenvalue weighted by Crippen LogP contribution is 2.48. The van der Waals surface area contributed by atoms with Crippen LogP contribution in [0.1, 0.15) is 70.3 Å². The minimum atomic E-state index is -1.25. The molecule has 3 amide bonds. The summed E-state index contributed by atoms with van der Waals surface area (Å²) in [5, 5.41) is 15.9. The zero-order chi connectivity index (χ0) is 33.8. The summed E-state index contributed by atoms with van der Waals surface area (Å²) in [7, 11) is 1.60. The van der Waals surface area contributed by atoms with Crippen molar-refractivity contribution in [2.75, 3.05) is 13.1 Å². The van der Waals surface area contributed by atoms with Crippen molar-refractivity contribution < 1.29 is 24.3 Å². The molecule has 1 aliphatic heterocycles. The van der Waals surface area contributed by atoms with Crippen LogP contribution in [0.2, 0.25) is 0 Å². The number of carbonyl (C=O) groups is 4. The number of likely N-dealkylation sites (tertiary alicyclic amines) is 1. The molecule has 0 saturated carbocycles. The normalized spacial score (nSPS) is 19.4. The van der Waals surface area contributed by atoms with E-state index in [1.54, 1.807) is 49.6 Å². The summed E-state index contributed by atoms with van der Waals surface area (Å²) < 4.78 is 1.36. The number of hydrogen-bond acceptors (Lipinski definition) is 5. The lowest BCUT2D eigenvalue weighted by Gasteiger charge is -2.43. The van der Waals surface area contributed by atoms with Gasteiger partial charge in [0.15, 0.2) is 6.04 Å². The zero-order valence-electron chi connectivity index (χ0n) is 27.2. The van der Waals surface area contributed by atoms with Crippen LogP contribution < -0.4 is 16.2 Å². The van der Waals surface area contributed by atoms with E-state index in [1.807, 2.05) is 59.5 Å². The summed E-state index contributed by atoms with van der Waals surface area (Å²) in [4.78, 5) is 68.1. The summed E-state index contributed by atoms with van der Waals surface area (Å²) in [6, 6.07) is 27.1. The van der Waals surface area contributed by atoms with Crippen LogP contribution in [0, 0.1) is 0 Å². The van der Waals surface area contributed by atoms with Gasteiger partial charge in [-0.15, -0.1) is 0 Å². The van der Waals surface area contributed by atoms with Crippen molar-refractivity contribution in [2.24, 2.45) is 7.05 Å². The molecule has 4 aromatic rings. The van der Waals surface area contributed by atoms with Gasteiger partial charge < -0.3 is 25.2 Å². The van der Waals surface area contributed by atoms with E-state index in [9.17, 15) is 29.1 Å². The summed E-state index contributed by atoms with van der Waals surface area (Å²) >= 11 is 0. The van der Waals surface area contributed by atoms with E-state index in [0.29, 0.717) is 49.9 Å². The number of carbonyl (C=O) groups excluding carboxylic acids is 3. The number of rotatable bonds is 8. The summed E-state index contributed by atoms with van der Waals surface area (Å²) in [5.74, 6) is -2.56. The van der Waals surface area contributed by atoms with E-state index in [4.69, 9.17) is 0 Å². The van der Waals surface area contributed by atoms with Crippen LogP contribution in [0.15, 0.2) is 108 Å². The molecule has 0 unspecified atom stereocenters. The lowest BCUT2D eigenvalue weighted by atomic mass is 9.62. The van der Waals surface area contributed by atoms with Crippen LogP contribution in [0.4, 0.5) is 0 Å². The Hall–Kier alpha value is -5.16. The number of fused-ring (bicyclic) bond motifs is 1. The van der Waals surface area contributed by atoms with Gasteiger partial charge in [-0.1, -0.05) is 84.9 Å². The van der Waals surface area contributed by atoms with E-state index < -0.39 is 35.2 Å². The largest absolute Gasteiger partial charge is 0.479 e. The Balaban J connectivity index is 0.00000468. The average Bonchev–Trinajstić information content (AvgIpc) is 3.11. The number of aliphatic carboxylic acids is 1. The first-order chi connectivity index (χ1) is 23.2. The van der Waals surface area contributed by atoms with Crippen molar-refractivity contribution in [3.05, 3.63) is 141 Å². The second-order valence-corrected chi connectivity index (χ2v) is 12.5. The Morgan fingerprint density at radius 2 is 1.47 bits per heavy atom. The van der Waals surface area contributed by atoms with Crippen molar-refractivity contribution in [3.8, 4) is 0 Å². The molecule has 254 valence electrons. The molecule has 1 fully saturated rings. The minimum Gasteiger partial charge on any atom is -0.479 e. The van der Waals surface area contributed by atoms with Crippen molar-refractivity contribution in [1.29, 1.82) is 0 Å². The number of piperidine rings is 1. The van der Waals surface area contributed by atoms with Gasteiger partial charge in [0.2, 0.25) is 11.8 Å². The van der Waals surface area contributed by atoms with Crippen LogP contribution in [0.3, 0.4) is 0 Å². The molecule has 1 aliphatic carbocycles. The maximum absolute atomic E-state index is 14.5. The Labute approximate surface area is 291 Å². The number of pyridine rings is 1. The van der Waals surface area contributed by atoms with Gasteiger partial charge >= 0.3 is 5.97 Å². The molecule has 2 aliphatic rings. The number of amides is 3. The first-order valence-electron chi connectivity index (χ1n) is 16.2. The number of nitrogens with zero attached hydrogens (tertiary/aromatic N) is 2. The number of nitrogens with one attached hydrogen (secondary N) is 2. The number of hydrogen-bond donors (Lipinski definition) is 3. The second-order valence-electron chi connectivity index (χ2n) is 12.5. The van der Waals surface area contributed by atoms with Crippen LogP contribution in [-0.4, -0.2) is 57.4 Å². The minimum absolute atomic E-state index is 0. The monoisotopic (exact) mass is 680 g/mol. The highest BCUT2D eigenvalue weighted by molar-refractivity contribution is 7.59. The fourth-order valence-electron chi connectivity index (χ4n) is 7.17. The van der Waals surface area contributed by atoms with Gasteiger partial charge in [-0.05, 0) is 60.1 Å². The second kappa shape index (κ2) is 14.9. The Morgan fingerprint density at radius 1 is 0.837 bits per heavy atom. The molecule has 6 rings (SSSR count). The van der Waals surface area contributed by atoms with Crippen molar-refractivity contribution in [1.82, 2.24) is 20.1 Å². The predicted molar refractivity (Wildman–Crippen MR) is 190 cm³/mol. The van der Waals surface area contributed by atoms with Crippen molar-refractivity contribution in [3.63, 3.8) is 0 Å². The summed E-state index contributed by atoms with van der Waals surface area (Å²) in [6.07, 6.45) is 3.38. The number of aryl methyl sites for hydroxylation is 1. The van der Waals surface area contributed by atoms with Gasteiger partial charge in [0.1, 0.15) is 5.56 Å². The number of aromatic nitrogens is 1. The predicted octanol–water partition coefficient (Wildman–Crippen LogP) is 4.02. The molecule has 0 spiro atoms. The van der Waals surface area contributed by atoms with Gasteiger partial charge in [0.25, 0.3) is 11.5 Å². The summed E-state index contributed by atoms with van der Waals surface area (Å²) in [5.41, 5.74) is 1.12. The van der Waals surface area contributed by atoms with Gasteiger partial charge in [0, 0.05) is 32.4 Å². The topological polar surface area (TPSA) is 138 Å². The van der Waals surface area contributed by atoms with E-state index in [2.05, 4.69) is 10.6 Å². The molecule has 3 aromatic carbocycles. The maximum Gasteiger partial charge on any atom is 0.330 e. The molecule has 3 atom stereocenters. The molecule has 0 radical (unpaired) electrons. The molecule has 49 heavy (non-hydrogen) atoms. The van der Waals surface area contributed by atoms with Crippen molar-refractivity contribution in [2.45, 2.75) is 49.1 Å². The molecule has 10 nitrogen and oxygen atoms in total. The molecule has 3 N–H and O–H groups in total. The number of carboxylic acids is 1. The third-order valence-electron chi connectivity index (χ3n) is 9.72. The molecule has 11 heteroatoms. The fourth-order valence-corrected chi connectivity index (χ4v) is 7.17. The lowest BCUT2D eigenvalue weighted by Crippen LogP contribution is -2.52. The smallest absolute Gasteiger partial charge is 0.330 e. The van der Waals surface area contributed by atoms with Gasteiger partial charge in [-0.2, -0.15) is 13.5 Å². The van der Waals surface area contributed by atoms with E-state index in [0.717, 1.165) is 11.1 Å². The Bertz CT molecular complexity index is 1890. The molecular weight excluding hydrogens is 641 g/mol. The lowest BCUT2D eigenvalue weighted by molar-refractivity contribution is -0.143. The highest BCUT2D eigenvalue weighted by atomic mass is 32.1. The summed E-state index contributed by atoms with van der Waals surface area (Å²) in [6.45, 7) is 0.883. The molecular formula is C38H40N4O6S. The van der Waals surface area contributed by atoms with Crippen LogP contribution in [0.5, 0.6) is 0 Å². The first-order valence-corrected chi connectivity index (χ1v) is 16.2. The molecule has 1 aromatic heterocycles. The third-order valence-corrected chi connectivity index (χ3v) is 9.72. The van der Waals surface area contributed by atoms with Crippen LogP contribution >= 0.6 is 13.5 Å². The number of benzene rings is 3. The molecule has 1 saturated heterocycles. The van der Waals surface area contributed by atoms with E-state index >= 15 is 0 Å². The average molecular weight is 681 g/mol. The standard InChI is InChI=1S/C38H38N4O6.H2S/c1-41-22-10-16-30(34(41)44)33(43)39-27-19-23-42(24-20-27)35(45)29-18-21-38(26-13-6-3-7-14-26,31-17-9-8-15-28(29)31)37(48)40-32(36(46)47)25-11-4-2-5-12-25;/h2-17,22,27,29,32H,18-21,23-24H2,1H3,(H,39,43)(H,40,48)(H,46,47);1H2/t29-,32+,38+;/m0./s1. The van der Waals surface area contributed by atoms with Gasteiger partial charge in [-0.3, -0.25) is 19.2 Å². The first kappa shape index (κ1) is 35.2. The fraction of sp³-hybridized carbons (Fsp3) is 0.289. The van der Waals surface area contributed by atoms with Crippen LogP contribution in [-0.2, 0) is 26.8 Å². The SMILES string of the molecule is Cn1cccc(C(=O)NC2CCN(C(=O)[C@H]3CC[C@@](C(=O)N[C@@H](C(=O)O)c4ccccc4)(c4ccccc4)c4ccccc43)CC2)c1=O.S. The number of carboxylic acid groups (broad SMARTS) is 1. The quantitative estimate of drug-likeness (QED) is 0.257. The van der Waals surface area contributed by atoms with Crippen molar-refractivity contribution >= 4 is 37.2 Å². The molecule has 2 heterocycles. The Kier molecular flexibility index (Phi) is 10.7. The van der Waals surface area contributed by atoms with Gasteiger partial charge in [0.05, 0.1) is 11.3 Å². The van der Waals surface area contributed by atoms with E-state index in [1.165, 1.54) is 10.6 Å². The van der Waals surface area contributed by atoms with Gasteiger partial charge in [-0.25, -0.2) is 4.79 Å². The highest BCUT2D eigenvalue weighted by Gasteiger charge is 2.49. The zero-order valence-corrected chi connectivity index (χ0v) is 28.2. The van der Waals surface area contributed by atoms with E-state index in [-0.39, 0.29) is 36.6 Å². The Morgan fingerprint density at radius 3 is 2.14 bits per heavy atom. The van der Waals surface area contributed by atoms with Crippen LogP contribution in [0.25, 0.3) is 0 Å². The third kappa shape index (κ3) is 6.89.